The maximum atomic E-state index is 4.19. The van der Waals surface area contributed by atoms with Gasteiger partial charge in [0.1, 0.15) is 0 Å². The molecule has 2 heterocycles. The van der Waals surface area contributed by atoms with Crippen molar-refractivity contribution >= 4 is 27.3 Å². The zero-order valence-electron chi connectivity index (χ0n) is 12.5. The van der Waals surface area contributed by atoms with Crippen LogP contribution < -0.4 is 5.32 Å². The molecule has 0 unspecified atom stereocenters. The van der Waals surface area contributed by atoms with E-state index in [1.807, 2.05) is 36.5 Å². The van der Waals surface area contributed by atoms with Gasteiger partial charge in [0.05, 0.1) is 16.9 Å². The number of aryl methyl sites for hydroxylation is 1. The first-order valence-corrected chi connectivity index (χ1v) is 7.99. The molecule has 0 bridgehead atoms. The van der Waals surface area contributed by atoms with Crippen LogP contribution in [0.5, 0.6) is 0 Å². The summed E-state index contributed by atoms with van der Waals surface area (Å²) in [6.45, 7) is 2.60. The van der Waals surface area contributed by atoms with Crippen LogP contribution in [0.3, 0.4) is 0 Å². The van der Waals surface area contributed by atoms with E-state index in [0.717, 1.165) is 22.6 Å². The third kappa shape index (κ3) is 2.78. The Labute approximate surface area is 136 Å². The molecule has 2 aromatic heterocycles. The number of aromatic nitrogens is 5. The molecule has 0 amide bonds. The van der Waals surface area contributed by atoms with Gasteiger partial charge in [-0.15, -0.1) is 5.10 Å². The molecule has 7 heteroatoms. The summed E-state index contributed by atoms with van der Waals surface area (Å²) in [5, 5.41) is 16.5. The smallest absolute Gasteiger partial charge is 0.175 e. The van der Waals surface area contributed by atoms with E-state index in [1.165, 1.54) is 21.8 Å². The van der Waals surface area contributed by atoms with E-state index < -0.39 is 0 Å². The lowest BCUT2D eigenvalue weighted by Crippen LogP contribution is -2.08. The number of benzene rings is 2. The van der Waals surface area contributed by atoms with Gasteiger partial charge in [0.2, 0.25) is 0 Å². The molecule has 2 aromatic carbocycles. The molecule has 6 nitrogen and oxygen atoms in total. The van der Waals surface area contributed by atoms with Crippen molar-refractivity contribution in [2.75, 3.05) is 5.32 Å². The van der Waals surface area contributed by atoms with Crippen LogP contribution in [0, 0.1) is 6.92 Å². The van der Waals surface area contributed by atoms with Gasteiger partial charge in [0.15, 0.2) is 5.82 Å². The molecule has 0 aliphatic rings. The van der Waals surface area contributed by atoms with Gasteiger partial charge < -0.3 is 5.32 Å². The van der Waals surface area contributed by atoms with E-state index in [1.54, 1.807) is 4.68 Å². The number of tetrazole rings is 1. The molecule has 114 valence electrons. The fraction of sp³-hybridized carbons (Fsp3) is 0.125. The Bertz CT molecular complexity index is 941. The first kappa shape index (κ1) is 13.8. The molecule has 4 rings (SSSR count). The number of hydrogen-bond donors (Lipinski definition) is 1. The van der Waals surface area contributed by atoms with Gasteiger partial charge in [-0.2, -0.15) is 9.06 Å². The topological polar surface area (TPSA) is 68.5 Å². The molecule has 0 spiro atoms. The van der Waals surface area contributed by atoms with E-state index in [2.05, 4.69) is 44.3 Å². The van der Waals surface area contributed by atoms with Gasteiger partial charge in [-0.3, -0.25) is 0 Å². The quantitative estimate of drug-likeness (QED) is 0.625. The molecule has 0 aliphatic carbocycles. The first-order valence-electron chi connectivity index (χ1n) is 7.22. The van der Waals surface area contributed by atoms with Gasteiger partial charge in [0, 0.05) is 17.3 Å². The lowest BCUT2D eigenvalue weighted by molar-refractivity contribution is 0.768. The highest BCUT2D eigenvalue weighted by Crippen LogP contribution is 2.22. The highest BCUT2D eigenvalue weighted by Gasteiger charge is 2.08. The monoisotopic (exact) mass is 322 g/mol. The summed E-state index contributed by atoms with van der Waals surface area (Å²) in [4.78, 5) is 0. The van der Waals surface area contributed by atoms with Gasteiger partial charge in [-0.1, -0.05) is 17.7 Å². The van der Waals surface area contributed by atoms with Crippen molar-refractivity contribution < 1.29 is 0 Å². The van der Waals surface area contributed by atoms with Crippen molar-refractivity contribution in [3.63, 3.8) is 0 Å². The predicted molar refractivity (Wildman–Crippen MR) is 90.8 cm³/mol. The van der Waals surface area contributed by atoms with Gasteiger partial charge in [0.25, 0.3) is 0 Å². The Morgan fingerprint density at radius 2 is 2.00 bits per heavy atom. The van der Waals surface area contributed by atoms with Crippen molar-refractivity contribution in [1.29, 1.82) is 0 Å². The van der Waals surface area contributed by atoms with Crippen LogP contribution in [-0.4, -0.2) is 24.6 Å². The zero-order valence-corrected chi connectivity index (χ0v) is 13.3. The number of nitrogens with zero attached hydrogens (tertiary/aromatic N) is 5. The van der Waals surface area contributed by atoms with Crippen LogP contribution in [0.1, 0.15) is 11.4 Å². The molecule has 0 radical (unpaired) electrons. The Balaban J connectivity index is 1.55. The second-order valence-corrected chi connectivity index (χ2v) is 6.11. The zero-order chi connectivity index (χ0) is 15.6. The minimum Gasteiger partial charge on any atom is -0.378 e. The summed E-state index contributed by atoms with van der Waals surface area (Å²) >= 11 is 1.50. The Kier molecular flexibility index (Phi) is 3.47. The van der Waals surface area contributed by atoms with E-state index in [4.69, 9.17) is 0 Å². The molecule has 0 atom stereocenters. The fourth-order valence-corrected chi connectivity index (χ4v) is 2.99. The Hall–Kier alpha value is -2.80. The van der Waals surface area contributed by atoms with Crippen LogP contribution in [0.25, 0.3) is 15.8 Å². The largest absolute Gasteiger partial charge is 0.378 e. The summed E-state index contributed by atoms with van der Waals surface area (Å²) in [5.41, 5.74) is 3.19. The number of fused-ring (bicyclic) bond motifs is 1. The number of anilines is 1. The highest BCUT2D eigenvalue weighted by molar-refractivity contribution is 7.13. The van der Waals surface area contributed by atoms with Crippen molar-refractivity contribution in [2.45, 2.75) is 13.5 Å². The van der Waals surface area contributed by atoms with E-state index >= 15 is 0 Å². The summed E-state index contributed by atoms with van der Waals surface area (Å²) in [6, 6.07) is 14.3. The summed E-state index contributed by atoms with van der Waals surface area (Å²) in [6.07, 6.45) is 1.88. The average Bonchev–Trinajstić information content (AvgIpc) is 3.22. The Morgan fingerprint density at radius 3 is 2.87 bits per heavy atom. The highest BCUT2D eigenvalue weighted by atomic mass is 32.1. The number of hydrogen-bond acceptors (Lipinski definition) is 6. The average molecular weight is 322 g/mol. The molecular formula is C16H14N6S. The van der Waals surface area contributed by atoms with E-state index in [0.29, 0.717) is 6.54 Å². The standard InChI is InChI=1S/C16H14N6S/c1-11-2-5-14(6-3-11)22-16(19-20-21-22)10-17-13-4-7-15-12(8-13)9-18-23-15/h2-9,17H,10H2,1H3. The SMILES string of the molecule is Cc1ccc(-n2nnnc2CNc2ccc3sncc3c2)cc1. The molecule has 0 aliphatic heterocycles. The molecular weight excluding hydrogens is 308 g/mol. The van der Waals surface area contributed by atoms with Crippen LogP contribution >= 0.6 is 11.5 Å². The van der Waals surface area contributed by atoms with Crippen molar-refractivity contribution in [3.8, 4) is 5.69 Å². The molecule has 23 heavy (non-hydrogen) atoms. The summed E-state index contributed by atoms with van der Waals surface area (Å²) in [7, 11) is 0. The van der Waals surface area contributed by atoms with Gasteiger partial charge in [-0.25, -0.2) is 0 Å². The Morgan fingerprint density at radius 1 is 1.13 bits per heavy atom. The van der Waals surface area contributed by atoms with Gasteiger partial charge >= 0.3 is 0 Å². The molecule has 4 aromatic rings. The second kappa shape index (κ2) is 5.77. The second-order valence-electron chi connectivity index (χ2n) is 5.27. The maximum absolute atomic E-state index is 4.19. The van der Waals surface area contributed by atoms with Crippen LogP contribution in [-0.2, 0) is 6.54 Å². The third-order valence-electron chi connectivity index (χ3n) is 3.62. The molecule has 0 fully saturated rings. The lowest BCUT2D eigenvalue weighted by atomic mass is 10.2. The first-order chi connectivity index (χ1) is 11.3. The summed E-state index contributed by atoms with van der Waals surface area (Å²) < 4.78 is 7.12. The van der Waals surface area contributed by atoms with Crippen molar-refractivity contribution in [2.24, 2.45) is 0 Å². The molecule has 0 saturated heterocycles. The minimum atomic E-state index is 0.546. The van der Waals surface area contributed by atoms with Crippen molar-refractivity contribution in [3.05, 3.63) is 60.0 Å². The van der Waals surface area contributed by atoms with E-state index in [9.17, 15) is 0 Å². The van der Waals surface area contributed by atoms with Crippen LogP contribution in [0.2, 0.25) is 0 Å². The summed E-state index contributed by atoms with van der Waals surface area (Å²) in [5.74, 6) is 0.761. The van der Waals surface area contributed by atoms with Crippen LogP contribution in [0.15, 0.2) is 48.7 Å². The fourth-order valence-electron chi connectivity index (χ4n) is 2.37. The van der Waals surface area contributed by atoms with Crippen molar-refractivity contribution in [1.82, 2.24) is 24.6 Å². The minimum absolute atomic E-state index is 0.546. The van der Waals surface area contributed by atoms with E-state index in [-0.39, 0.29) is 0 Å². The van der Waals surface area contributed by atoms with Crippen LogP contribution in [0.4, 0.5) is 5.69 Å². The molecule has 1 N–H and O–H groups in total. The number of rotatable bonds is 4. The predicted octanol–water partition coefficient (Wildman–Crippen LogP) is 3.19. The lowest BCUT2D eigenvalue weighted by Gasteiger charge is -2.07. The third-order valence-corrected chi connectivity index (χ3v) is 4.40. The van der Waals surface area contributed by atoms with Gasteiger partial charge in [-0.05, 0) is 59.2 Å². The number of nitrogens with one attached hydrogen (secondary N) is 1. The molecule has 0 saturated carbocycles. The maximum Gasteiger partial charge on any atom is 0.175 e. The normalized spacial score (nSPS) is 11.0.